The molecule has 2 rings (SSSR count). The van der Waals surface area contributed by atoms with Crippen LogP contribution in [0.5, 0.6) is 0 Å². The third kappa shape index (κ3) is 3.69. The van der Waals surface area contributed by atoms with Crippen LogP contribution >= 0.6 is 15.9 Å². The van der Waals surface area contributed by atoms with Crippen molar-refractivity contribution >= 4 is 15.9 Å². The topological polar surface area (TPSA) is 15.7 Å². The van der Waals surface area contributed by atoms with Crippen LogP contribution in [-0.4, -0.2) is 67.6 Å². The van der Waals surface area contributed by atoms with Gasteiger partial charge in [0.15, 0.2) is 0 Å². The Balaban J connectivity index is 1.64. The summed E-state index contributed by atoms with van der Waals surface area (Å²) < 4.78 is 5.78. The summed E-state index contributed by atoms with van der Waals surface area (Å²) >= 11 is 3.65. The quantitative estimate of drug-likeness (QED) is 0.729. The minimum Gasteiger partial charge on any atom is -0.374 e. The first-order valence-electron chi connectivity index (χ1n) is 6.26. The van der Waals surface area contributed by atoms with Crippen molar-refractivity contribution in [2.24, 2.45) is 5.92 Å². The van der Waals surface area contributed by atoms with E-state index in [1.165, 1.54) is 19.4 Å². The number of likely N-dealkylation sites (N-methyl/N-ethyl adjacent to an activating group) is 2. The highest BCUT2D eigenvalue weighted by Gasteiger charge is 2.28. The van der Waals surface area contributed by atoms with Crippen LogP contribution in [0.1, 0.15) is 12.8 Å². The number of ether oxygens (including phenoxy) is 1. The molecule has 0 aromatic carbocycles. The molecule has 1 saturated heterocycles. The van der Waals surface area contributed by atoms with Crippen molar-refractivity contribution in [3.05, 3.63) is 0 Å². The number of alkyl halides is 1. The molecular weight excluding hydrogens is 268 g/mol. The summed E-state index contributed by atoms with van der Waals surface area (Å²) in [5.74, 6) is 0.899. The van der Waals surface area contributed by atoms with Gasteiger partial charge in [-0.2, -0.15) is 0 Å². The monoisotopic (exact) mass is 290 g/mol. The SMILES string of the molecule is CN1CCOC(CN(C)CC2CC(Br)C2)C1. The van der Waals surface area contributed by atoms with Gasteiger partial charge in [-0.25, -0.2) is 0 Å². The molecule has 0 radical (unpaired) electrons. The molecule has 1 unspecified atom stereocenters. The lowest BCUT2D eigenvalue weighted by molar-refractivity contribution is -0.0348. The number of rotatable bonds is 4. The second-order valence-electron chi connectivity index (χ2n) is 5.41. The van der Waals surface area contributed by atoms with E-state index in [9.17, 15) is 0 Å². The van der Waals surface area contributed by atoms with Crippen molar-refractivity contribution in [1.29, 1.82) is 0 Å². The maximum Gasteiger partial charge on any atom is 0.0829 e. The lowest BCUT2D eigenvalue weighted by Crippen LogP contribution is -2.46. The summed E-state index contributed by atoms with van der Waals surface area (Å²) in [7, 11) is 4.40. The molecule has 2 fully saturated rings. The molecule has 0 spiro atoms. The summed E-state index contributed by atoms with van der Waals surface area (Å²) in [6, 6.07) is 0. The van der Waals surface area contributed by atoms with Gasteiger partial charge in [0.25, 0.3) is 0 Å². The predicted molar refractivity (Wildman–Crippen MR) is 70.2 cm³/mol. The van der Waals surface area contributed by atoms with Gasteiger partial charge in [0, 0.05) is 31.0 Å². The summed E-state index contributed by atoms with van der Waals surface area (Å²) in [5, 5.41) is 0. The van der Waals surface area contributed by atoms with E-state index in [0.717, 1.165) is 37.0 Å². The first-order chi connectivity index (χ1) is 7.63. The molecule has 3 nitrogen and oxygen atoms in total. The molecule has 1 atom stereocenters. The van der Waals surface area contributed by atoms with Gasteiger partial charge in [-0.05, 0) is 32.9 Å². The molecule has 1 aliphatic heterocycles. The van der Waals surface area contributed by atoms with Crippen molar-refractivity contribution in [1.82, 2.24) is 9.80 Å². The van der Waals surface area contributed by atoms with E-state index < -0.39 is 0 Å². The van der Waals surface area contributed by atoms with Gasteiger partial charge in [-0.3, -0.25) is 0 Å². The molecule has 1 saturated carbocycles. The molecular formula is C12H23BrN2O. The number of morpholine rings is 1. The predicted octanol–water partition coefficient (Wildman–Crippen LogP) is 1.42. The molecule has 0 N–H and O–H groups in total. The molecule has 0 aromatic rings. The fraction of sp³-hybridized carbons (Fsp3) is 1.00. The maximum atomic E-state index is 5.78. The van der Waals surface area contributed by atoms with Crippen LogP contribution in [0.3, 0.4) is 0 Å². The van der Waals surface area contributed by atoms with Crippen molar-refractivity contribution in [2.45, 2.75) is 23.8 Å². The highest BCUT2D eigenvalue weighted by molar-refractivity contribution is 9.09. The van der Waals surface area contributed by atoms with E-state index in [1.807, 2.05) is 0 Å². The Labute approximate surface area is 107 Å². The Morgan fingerprint density at radius 2 is 2.12 bits per heavy atom. The fourth-order valence-electron chi connectivity index (χ4n) is 2.64. The average Bonchev–Trinajstić information content (AvgIpc) is 2.15. The van der Waals surface area contributed by atoms with Gasteiger partial charge in [0.2, 0.25) is 0 Å². The Bertz CT molecular complexity index is 221. The molecule has 1 heterocycles. The van der Waals surface area contributed by atoms with Gasteiger partial charge >= 0.3 is 0 Å². The number of nitrogens with zero attached hydrogens (tertiary/aromatic N) is 2. The van der Waals surface area contributed by atoms with E-state index in [1.54, 1.807) is 0 Å². The van der Waals surface area contributed by atoms with Crippen LogP contribution in [0.15, 0.2) is 0 Å². The number of hydrogen-bond donors (Lipinski definition) is 0. The highest BCUT2D eigenvalue weighted by Crippen LogP contribution is 2.33. The van der Waals surface area contributed by atoms with Crippen molar-refractivity contribution < 1.29 is 4.74 Å². The van der Waals surface area contributed by atoms with Crippen molar-refractivity contribution in [2.75, 3.05) is 46.9 Å². The smallest absolute Gasteiger partial charge is 0.0829 e. The van der Waals surface area contributed by atoms with Crippen LogP contribution in [0.2, 0.25) is 0 Å². The number of hydrogen-bond acceptors (Lipinski definition) is 3. The normalized spacial score (nSPS) is 36.4. The summed E-state index contributed by atoms with van der Waals surface area (Å²) in [5.41, 5.74) is 0. The van der Waals surface area contributed by atoms with Crippen molar-refractivity contribution in [3.63, 3.8) is 0 Å². The van der Waals surface area contributed by atoms with Crippen LogP contribution < -0.4 is 0 Å². The van der Waals surface area contributed by atoms with E-state index in [-0.39, 0.29) is 0 Å². The molecule has 1 aliphatic carbocycles. The van der Waals surface area contributed by atoms with Gasteiger partial charge in [0.1, 0.15) is 0 Å². The molecule has 0 bridgehead atoms. The Hall–Kier alpha value is 0.360. The Morgan fingerprint density at radius 3 is 2.75 bits per heavy atom. The molecule has 16 heavy (non-hydrogen) atoms. The molecule has 0 amide bonds. The van der Waals surface area contributed by atoms with E-state index in [4.69, 9.17) is 4.74 Å². The largest absolute Gasteiger partial charge is 0.374 e. The van der Waals surface area contributed by atoms with E-state index in [2.05, 4.69) is 39.8 Å². The molecule has 4 heteroatoms. The Morgan fingerprint density at radius 1 is 1.38 bits per heavy atom. The first-order valence-corrected chi connectivity index (χ1v) is 7.18. The fourth-order valence-corrected chi connectivity index (χ4v) is 3.70. The van der Waals surface area contributed by atoms with Crippen LogP contribution in [0.25, 0.3) is 0 Å². The first kappa shape index (κ1) is 12.8. The zero-order valence-corrected chi connectivity index (χ0v) is 11.9. The average molecular weight is 291 g/mol. The minimum atomic E-state index is 0.406. The number of halogens is 1. The van der Waals surface area contributed by atoms with Crippen molar-refractivity contribution in [3.8, 4) is 0 Å². The second-order valence-corrected chi connectivity index (χ2v) is 6.71. The van der Waals surface area contributed by atoms with E-state index in [0.29, 0.717) is 6.10 Å². The summed E-state index contributed by atoms with van der Waals surface area (Å²) in [6.07, 6.45) is 3.09. The summed E-state index contributed by atoms with van der Waals surface area (Å²) in [6.45, 7) is 5.35. The minimum absolute atomic E-state index is 0.406. The van der Waals surface area contributed by atoms with E-state index >= 15 is 0 Å². The molecule has 94 valence electrons. The maximum absolute atomic E-state index is 5.78. The molecule has 0 aromatic heterocycles. The summed E-state index contributed by atoms with van der Waals surface area (Å²) in [4.78, 5) is 5.58. The van der Waals surface area contributed by atoms with Crippen LogP contribution in [-0.2, 0) is 4.74 Å². The Kier molecular flexibility index (Phi) is 4.65. The lowest BCUT2D eigenvalue weighted by Gasteiger charge is -2.37. The van der Waals surface area contributed by atoms with Gasteiger partial charge in [0.05, 0.1) is 12.7 Å². The van der Waals surface area contributed by atoms with Crippen LogP contribution in [0, 0.1) is 5.92 Å². The standard InChI is InChI=1S/C12H23BrN2O/c1-14-3-4-16-12(8-14)9-15(2)7-10-5-11(13)6-10/h10-12H,3-9H2,1-2H3. The van der Waals surface area contributed by atoms with Crippen LogP contribution in [0.4, 0.5) is 0 Å². The van der Waals surface area contributed by atoms with Gasteiger partial charge in [-0.1, -0.05) is 15.9 Å². The highest BCUT2D eigenvalue weighted by atomic mass is 79.9. The molecule has 2 aliphatic rings. The zero-order valence-electron chi connectivity index (χ0n) is 10.4. The lowest BCUT2D eigenvalue weighted by atomic mass is 9.85. The van der Waals surface area contributed by atoms with Gasteiger partial charge < -0.3 is 14.5 Å². The third-order valence-electron chi connectivity index (χ3n) is 3.61. The van der Waals surface area contributed by atoms with Gasteiger partial charge in [-0.15, -0.1) is 0 Å². The zero-order chi connectivity index (χ0) is 11.5. The third-order valence-corrected chi connectivity index (χ3v) is 4.35. The second kappa shape index (κ2) is 5.80.